The SMILES string of the molecule is O=C1CC(c2ccccc2OC2CCCC2)c2cc3c(cc2N1)OCO3. The van der Waals surface area contributed by atoms with E-state index in [2.05, 4.69) is 11.4 Å². The lowest BCUT2D eigenvalue weighted by Gasteiger charge is -2.28. The highest BCUT2D eigenvalue weighted by Gasteiger charge is 2.32. The fraction of sp³-hybridized carbons (Fsp3) is 0.381. The van der Waals surface area contributed by atoms with Gasteiger partial charge in [0.15, 0.2) is 11.5 Å². The Morgan fingerprint density at radius 3 is 2.62 bits per heavy atom. The molecule has 3 aliphatic rings. The van der Waals surface area contributed by atoms with E-state index in [0.29, 0.717) is 12.2 Å². The maximum absolute atomic E-state index is 12.3. The molecule has 2 aromatic carbocycles. The largest absolute Gasteiger partial charge is 0.490 e. The van der Waals surface area contributed by atoms with Crippen LogP contribution in [-0.2, 0) is 4.79 Å². The van der Waals surface area contributed by atoms with Crippen molar-refractivity contribution in [1.82, 2.24) is 0 Å². The van der Waals surface area contributed by atoms with Crippen LogP contribution < -0.4 is 19.5 Å². The van der Waals surface area contributed by atoms with Gasteiger partial charge in [-0.15, -0.1) is 0 Å². The molecule has 0 saturated heterocycles. The van der Waals surface area contributed by atoms with E-state index in [1.807, 2.05) is 30.3 Å². The van der Waals surface area contributed by atoms with Gasteiger partial charge in [-0.3, -0.25) is 4.79 Å². The van der Waals surface area contributed by atoms with E-state index in [1.54, 1.807) is 0 Å². The third-order valence-electron chi connectivity index (χ3n) is 5.47. The van der Waals surface area contributed by atoms with E-state index in [9.17, 15) is 4.79 Å². The van der Waals surface area contributed by atoms with Crippen LogP contribution >= 0.6 is 0 Å². The number of carbonyl (C=O) groups is 1. The molecule has 1 fully saturated rings. The van der Waals surface area contributed by atoms with Crippen LogP contribution in [0.25, 0.3) is 0 Å². The van der Waals surface area contributed by atoms with E-state index in [0.717, 1.165) is 41.2 Å². The first-order valence-corrected chi connectivity index (χ1v) is 9.27. The Labute approximate surface area is 152 Å². The zero-order valence-corrected chi connectivity index (χ0v) is 14.5. The molecule has 1 atom stereocenters. The highest BCUT2D eigenvalue weighted by Crippen LogP contribution is 2.46. The Morgan fingerprint density at radius 1 is 1.00 bits per heavy atom. The van der Waals surface area contributed by atoms with E-state index >= 15 is 0 Å². The minimum Gasteiger partial charge on any atom is -0.490 e. The van der Waals surface area contributed by atoms with Gasteiger partial charge in [0.05, 0.1) is 6.10 Å². The van der Waals surface area contributed by atoms with Crippen LogP contribution in [0.4, 0.5) is 5.69 Å². The normalized spacial score (nSPS) is 21.4. The molecule has 0 spiro atoms. The molecule has 1 amide bonds. The first-order chi connectivity index (χ1) is 12.8. The average Bonchev–Trinajstić information content (AvgIpc) is 3.31. The lowest BCUT2D eigenvalue weighted by atomic mass is 9.84. The van der Waals surface area contributed by atoms with E-state index in [4.69, 9.17) is 14.2 Å². The van der Waals surface area contributed by atoms with Crippen molar-refractivity contribution in [3.05, 3.63) is 47.5 Å². The van der Waals surface area contributed by atoms with Crippen LogP contribution in [0.2, 0.25) is 0 Å². The molecule has 5 nitrogen and oxygen atoms in total. The Hall–Kier alpha value is -2.69. The molecular weight excluding hydrogens is 330 g/mol. The summed E-state index contributed by atoms with van der Waals surface area (Å²) in [6.07, 6.45) is 5.35. The molecule has 2 heterocycles. The summed E-state index contributed by atoms with van der Waals surface area (Å²) in [6, 6.07) is 12.0. The standard InChI is InChI=1S/C21H21NO4/c23-21-10-15(16-9-19-20(25-12-24-19)11-17(16)22-21)14-7-3-4-8-18(14)26-13-5-1-2-6-13/h3-4,7-9,11,13,15H,1-2,5-6,10,12H2,(H,22,23). The molecule has 5 heteroatoms. The molecule has 5 rings (SSSR count). The van der Waals surface area contributed by atoms with E-state index < -0.39 is 0 Å². The quantitative estimate of drug-likeness (QED) is 0.900. The maximum Gasteiger partial charge on any atom is 0.231 e. The summed E-state index contributed by atoms with van der Waals surface area (Å²) in [5.74, 6) is 2.27. The van der Waals surface area contributed by atoms with Gasteiger partial charge in [-0.25, -0.2) is 0 Å². The number of anilines is 1. The topological polar surface area (TPSA) is 56.8 Å². The Bertz CT molecular complexity index is 857. The second kappa shape index (κ2) is 6.24. The number of fused-ring (bicyclic) bond motifs is 2. The van der Waals surface area contributed by atoms with Crippen LogP contribution in [0.5, 0.6) is 17.2 Å². The summed E-state index contributed by atoms with van der Waals surface area (Å²) in [4.78, 5) is 12.3. The van der Waals surface area contributed by atoms with Crippen LogP contribution in [0.1, 0.15) is 49.1 Å². The number of amides is 1. The first-order valence-electron chi connectivity index (χ1n) is 9.27. The van der Waals surface area contributed by atoms with Crippen LogP contribution in [-0.4, -0.2) is 18.8 Å². The lowest BCUT2D eigenvalue weighted by molar-refractivity contribution is -0.116. The fourth-order valence-corrected chi connectivity index (χ4v) is 4.19. The molecule has 0 bridgehead atoms. The molecule has 2 aromatic rings. The highest BCUT2D eigenvalue weighted by atomic mass is 16.7. The van der Waals surface area contributed by atoms with E-state index in [1.165, 1.54) is 12.8 Å². The van der Waals surface area contributed by atoms with Gasteiger partial charge in [-0.1, -0.05) is 18.2 Å². The van der Waals surface area contributed by atoms with Crippen molar-refractivity contribution in [1.29, 1.82) is 0 Å². The predicted octanol–water partition coefficient (Wildman–Crippen LogP) is 4.21. The third kappa shape index (κ3) is 2.68. The first kappa shape index (κ1) is 15.6. The molecule has 2 aliphatic heterocycles. The second-order valence-electron chi connectivity index (χ2n) is 7.16. The number of benzene rings is 2. The number of para-hydroxylation sites is 1. The Kier molecular flexibility index (Phi) is 3.73. The molecule has 134 valence electrons. The summed E-state index contributed by atoms with van der Waals surface area (Å²) in [5.41, 5.74) is 2.91. The second-order valence-corrected chi connectivity index (χ2v) is 7.16. The fourth-order valence-electron chi connectivity index (χ4n) is 4.19. The molecule has 1 saturated carbocycles. The zero-order chi connectivity index (χ0) is 17.5. The molecule has 1 N–H and O–H groups in total. The number of hydrogen-bond donors (Lipinski definition) is 1. The van der Waals surface area contributed by atoms with Gasteiger partial charge in [-0.2, -0.15) is 0 Å². The number of nitrogens with one attached hydrogen (secondary N) is 1. The predicted molar refractivity (Wildman–Crippen MR) is 97.0 cm³/mol. The minimum absolute atomic E-state index is 0.0111. The van der Waals surface area contributed by atoms with Gasteiger partial charge in [0.2, 0.25) is 12.7 Å². The van der Waals surface area contributed by atoms with Crippen molar-refractivity contribution in [2.24, 2.45) is 0 Å². The number of hydrogen-bond acceptors (Lipinski definition) is 4. The molecule has 1 aliphatic carbocycles. The number of ether oxygens (including phenoxy) is 3. The summed E-state index contributed by atoms with van der Waals surface area (Å²) in [7, 11) is 0. The monoisotopic (exact) mass is 351 g/mol. The Balaban J connectivity index is 1.56. The summed E-state index contributed by atoms with van der Waals surface area (Å²) < 4.78 is 17.3. The molecule has 0 radical (unpaired) electrons. The maximum atomic E-state index is 12.3. The average molecular weight is 351 g/mol. The molecular formula is C21H21NO4. The number of carbonyl (C=O) groups excluding carboxylic acids is 1. The summed E-state index contributed by atoms with van der Waals surface area (Å²) in [5, 5.41) is 2.97. The zero-order valence-electron chi connectivity index (χ0n) is 14.5. The minimum atomic E-state index is -0.0501. The highest BCUT2D eigenvalue weighted by molar-refractivity contribution is 5.96. The van der Waals surface area contributed by atoms with Crippen LogP contribution in [0.3, 0.4) is 0 Å². The summed E-state index contributed by atoms with van der Waals surface area (Å²) in [6.45, 7) is 0.220. The van der Waals surface area contributed by atoms with Gasteiger partial charge < -0.3 is 19.5 Å². The molecule has 26 heavy (non-hydrogen) atoms. The Morgan fingerprint density at radius 2 is 1.77 bits per heavy atom. The van der Waals surface area contributed by atoms with Crippen molar-refractivity contribution in [3.8, 4) is 17.2 Å². The number of rotatable bonds is 3. The van der Waals surface area contributed by atoms with Crippen LogP contribution in [0, 0.1) is 0 Å². The molecule has 0 aromatic heterocycles. The lowest BCUT2D eigenvalue weighted by Crippen LogP contribution is -2.24. The van der Waals surface area contributed by atoms with Gasteiger partial charge in [0, 0.05) is 29.7 Å². The van der Waals surface area contributed by atoms with Crippen LogP contribution in [0.15, 0.2) is 36.4 Å². The van der Waals surface area contributed by atoms with E-state index in [-0.39, 0.29) is 24.7 Å². The van der Waals surface area contributed by atoms with Crippen molar-refractivity contribution in [2.75, 3.05) is 12.1 Å². The third-order valence-corrected chi connectivity index (χ3v) is 5.47. The van der Waals surface area contributed by atoms with Gasteiger partial charge in [-0.05, 0) is 43.4 Å². The molecule has 1 unspecified atom stereocenters. The van der Waals surface area contributed by atoms with Crippen molar-refractivity contribution >= 4 is 11.6 Å². The summed E-state index contributed by atoms with van der Waals surface area (Å²) >= 11 is 0. The van der Waals surface area contributed by atoms with Gasteiger partial charge >= 0.3 is 0 Å². The van der Waals surface area contributed by atoms with Crippen molar-refractivity contribution in [3.63, 3.8) is 0 Å². The smallest absolute Gasteiger partial charge is 0.231 e. The van der Waals surface area contributed by atoms with Crippen molar-refractivity contribution in [2.45, 2.75) is 44.1 Å². The van der Waals surface area contributed by atoms with Gasteiger partial charge in [0.1, 0.15) is 5.75 Å². The van der Waals surface area contributed by atoms with Gasteiger partial charge in [0.25, 0.3) is 0 Å². The van der Waals surface area contributed by atoms with Crippen molar-refractivity contribution < 1.29 is 19.0 Å².